The minimum Gasteiger partial charge on any atom is -0.349 e. The average Bonchev–Trinajstić information content (AvgIpc) is 2.71. The van der Waals surface area contributed by atoms with Crippen molar-refractivity contribution in [3.8, 4) is 6.07 Å². The molecule has 0 radical (unpaired) electrons. The Labute approximate surface area is 118 Å². The first kappa shape index (κ1) is 14.1. The highest BCUT2D eigenvalue weighted by Gasteiger charge is 2.08. The molecule has 0 unspecified atom stereocenters. The second-order valence-corrected chi connectivity index (χ2v) is 4.75. The molecule has 1 aromatic carbocycles. The Hall–Kier alpha value is -2.34. The fourth-order valence-corrected chi connectivity index (χ4v) is 2.43. The first-order valence-electron chi connectivity index (χ1n) is 6.61. The second-order valence-electron chi connectivity index (χ2n) is 4.75. The number of halogens is 1. The highest BCUT2D eigenvalue weighted by Crippen LogP contribution is 2.22. The summed E-state index contributed by atoms with van der Waals surface area (Å²) in [6.07, 6.45) is 1.86. The number of allylic oxidation sites excluding steroid dienone is 1. The molecule has 0 amide bonds. The number of nitriles is 1. The van der Waals surface area contributed by atoms with Crippen LogP contribution in [0.25, 0.3) is 11.6 Å². The predicted molar refractivity (Wildman–Crippen MR) is 79.5 cm³/mol. The fraction of sp³-hybridized carbons (Fsp3) is 0.235. The van der Waals surface area contributed by atoms with Gasteiger partial charge in [0, 0.05) is 17.9 Å². The highest BCUT2D eigenvalue weighted by atomic mass is 19.1. The molecular weight excluding hydrogens is 251 g/mol. The van der Waals surface area contributed by atoms with Crippen LogP contribution in [0.2, 0.25) is 0 Å². The molecule has 0 spiro atoms. The van der Waals surface area contributed by atoms with E-state index in [1.54, 1.807) is 12.1 Å². The van der Waals surface area contributed by atoms with Gasteiger partial charge in [0.05, 0.1) is 11.6 Å². The molecule has 0 atom stereocenters. The van der Waals surface area contributed by atoms with Crippen molar-refractivity contribution >= 4 is 11.6 Å². The monoisotopic (exact) mass is 268 g/mol. The van der Waals surface area contributed by atoms with Crippen molar-refractivity contribution in [1.29, 1.82) is 5.26 Å². The van der Waals surface area contributed by atoms with E-state index in [1.165, 1.54) is 17.8 Å². The topological polar surface area (TPSA) is 28.7 Å². The normalized spacial score (nSPS) is 11.4. The summed E-state index contributed by atoms with van der Waals surface area (Å²) in [5.74, 6) is -0.296. The Kier molecular flexibility index (Phi) is 4.05. The van der Waals surface area contributed by atoms with Crippen LogP contribution >= 0.6 is 0 Å². The van der Waals surface area contributed by atoms with Gasteiger partial charge in [-0.3, -0.25) is 0 Å². The van der Waals surface area contributed by atoms with Crippen molar-refractivity contribution in [2.75, 3.05) is 0 Å². The Bertz CT molecular complexity index is 685. The Morgan fingerprint density at radius 3 is 2.45 bits per heavy atom. The van der Waals surface area contributed by atoms with Crippen molar-refractivity contribution in [3.63, 3.8) is 0 Å². The molecular formula is C17H17FN2. The first-order valence-corrected chi connectivity index (χ1v) is 6.61. The zero-order valence-electron chi connectivity index (χ0n) is 11.9. The molecule has 102 valence electrons. The maximum atomic E-state index is 12.9. The van der Waals surface area contributed by atoms with E-state index in [4.69, 9.17) is 0 Å². The average molecular weight is 268 g/mol. The first-order chi connectivity index (χ1) is 9.56. The third-order valence-corrected chi connectivity index (χ3v) is 3.50. The van der Waals surface area contributed by atoms with Crippen molar-refractivity contribution < 1.29 is 4.39 Å². The van der Waals surface area contributed by atoms with Crippen molar-refractivity contribution in [1.82, 2.24) is 4.57 Å². The van der Waals surface area contributed by atoms with Gasteiger partial charge in [0.2, 0.25) is 0 Å². The molecule has 0 saturated carbocycles. The van der Waals surface area contributed by atoms with E-state index in [9.17, 15) is 9.65 Å². The van der Waals surface area contributed by atoms with Gasteiger partial charge >= 0.3 is 0 Å². The largest absolute Gasteiger partial charge is 0.349 e. The lowest BCUT2D eigenvalue weighted by Crippen LogP contribution is -1.98. The van der Waals surface area contributed by atoms with Gasteiger partial charge in [-0.15, -0.1) is 0 Å². The van der Waals surface area contributed by atoms with Crippen LogP contribution in [0.5, 0.6) is 0 Å². The number of benzene rings is 1. The summed E-state index contributed by atoms with van der Waals surface area (Å²) in [5, 5.41) is 9.32. The molecule has 20 heavy (non-hydrogen) atoms. The SMILES string of the molecule is CCn1c(C)cc(/C=C(\C#N)c2ccc(F)cc2)c1C. The zero-order valence-corrected chi connectivity index (χ0v) is 11.9. The maximum Gasteiger partial charge on any atom is 0.123 e. The number of nitrogens with zero attached hydrogens (tertiary/aromatic N) is 2. The van der Waals surface area contributed by atoms with Crippen LogP contribution in [0, 0.1) is 31.0 Å². The summed E-state index contributed by atoms with van der Waals surface area (Å²) in [6, 6.07) is 10.3. The van der Waals surface area contributed by atoms with Crippen LogP contribution in [0.15, 0.2) is 30.3 Å². The van der Waals surface area contributed by atoms with Gasteiger partial charge in [-0.25, -0.2) is 4.39 Å². The van der Waals surface area contributed by atoms with Crippen LogP contribution in [-0.2, 0) is 6.54 Å². The van der Waals surface area contributed by atoms with Gasteiger partial charge in [-0.2, -0.15) is 5.26 Å². The number of hydrogen-bond acceptors (Lipinski definition) is 1. The van der Waals surface area contributed by atoms with E-state index in [1.807, 2.05) is 13.0 Å². The summed E-state index contributed by atoms with van der Waals surface area (Å²) < 4.78 is 15.1. The molecule has 0 fully saturated rings. The molecule has 0 bridgehead atoms. The summed E-state index contributed by atoms with van der Waals surface area (Å²) in [5.41, 5.74) is 4.62. The molecule has 2 aromatic rings. The van der Waals surface area contributed by atoms with Gasteiger partial charge in [-0.05, 0) is 56.2 Å². The predicted octanol–water partition coefficient (Wildman–Crippen LogP) is 4.33. The molecule has 0 aliphatic heterocycles. The minimum absolute atomic E-state index is 0.296. The number of hydrogen-bond donors (Lipinski definition) is 0. The summed E-state index contributed by atoms with van der Waals surface area (Å²) in [7, 11) is 0. The second kappa shape index (κ2) is 5.75. The van der Waals surface area contributed by atoms with Crippen molar-refractivity contribution in [2.45, 2.75) is 27.3 Å². The highest BCUT2D eigenvalue weighted by molar-refractivity contribution is 5.90. The van der Waals surface area contributed by atoms with Crippen LogP contribution in [0.4, 0.5) is 4.39 Å². The molecule has 0 aliphatic rings. The molecule has 0 N–H and O–H groups in total. The molecule has 1 heterocycles. The smallest absolute Gasteiger partial charge is 0.123 e. The van der Waals surface area contributed by atoms with E-state index in [0.29, 0.717) is 5.57 Å². The van der Waals surface area contributed by atoms with Crippen LogP contribution in [-0.4, -0.2) is 4.57 Å². The lowest BCUT2D eigenvalue weighted by molar-refractivity contribution is 0.627. The van der Waals surface area contributed by atoms with E-state index >= 15 is 0 Å². The minimum atomic E-state index is -0.296. The Morgan fingerprint density at radius 1 is 1.30 bits per heavy atom. The molecule has 1 aromatic heterocycles. The Balaban J connectivity index is 2.47. The number of aromatic nitrogens is 1. The molecule has 3 heteroatoms. The van der Waals surface area contributed by atoms with Gasteiger partial charge in [-0.1, -0.05) is 12.1 Å². The van der Waals surface area contributed by atoms with E-state index in [-0.39, 0.29) is 5.82 Å². The fourth-order valence-electron chi connectivity index (χ4n) is 2.43. The zero-order chi connectivity index (χ0) is 14.7. The lowest BCUT2D eigenvalue weighted by Gasteiger charge is -2.05. The van der Waals surface area contributed by atoms with E-state index < -0.39 is 0 Å². The summed E-state index contributed by atoms with van der Waals surface area (Å²) in [6.45, 7) is 7.10. The van der Waals surface area contributed by atoms with Gasteiger partial charge in [0.1, 0.15) is 5.82 Å². The summed E-state index contributed by atoms with van der Waals surface area (Å²) in [4.78, 5) is 0. The van der Waals surface area contributed by atoms with E-state index in [2.05, 4.69) is 30.6 Å². The molecule has 2 rings (SSSR count). The maximum absolute atomic E-state index is 12.9. The van der Waals surface area contributed by atoms with Crippen molar-refractivity contribution in [3.05, 3.63) is 58.7 Å². The Morgan fingerprint density at radius 2 is 1.95 bits per heavy atom. The number of aryl methyl sites for hydroxylation is 1. The summed E-state index contributed by atoms with van der Waals surface area (Å²) >= 11 is 0. The van der Waals surface area contributed by atoms with Crippen LogP contribution < -0.4 is 0 Å². The molecule has 2 nitrogen and oxygen atoms in total. The van der Waals surface area contributed by atoms with Crippen molar-refractivity contribution in [2.24, 2.45) is 0 Å². The van der Waals surface area contributed by atoms with Gasteiger partial charge in [0.25, 0.3) is 0 Å². The van der Waals surface area contributed by atoms with Gasteiger partial charge in [0.15, 0.2) is 0 Å². The van der Waals surface area contributed by atoms with Crippen LogP contribution in [0.1, 0.15) is 29.4 Å². The third kappa shape index (κ3) is 2.65. The third-order valence-electron chi connectivity index (χ3n) is 3.50. The van der Waals surface area contributed by atoms with E-state index in [0.717, 1.165) is 23.4 Å². The quantitative estimate of drug-likeness (QED) is 0.762. The lowest BCUT2D eigenvalue weighted by atomic mass is 10.0. The molecule has 0 aliphatic carbocycles. The van der Waals surface area contributed by atoms with Crippen LogP contribution in [0.3, 0.4) is 0 Å². The standard InChI is InChI=1S/C17H17FN2/c1-4-20-12(2)9-15(13(20)3)10-16(11-19)14-5-7-17(18)8-6-14/h5-10H,4H2,1-3H3/b16-10+. The van der Waals surface area contributed by atoms with Gasteiger partial charge < -0.3 is 4.57 Å². The number of rotatable bonds is 3. The molecule has 0 saturated heterocycles.